The highest BCUT2D eigenvalue weighted by Crippen LogP contribution is 2.35. The number of hydrogen-bond acceptors (Lipinski definition) is 27. The average Bonchev–Trinajstić information content (AvgIpc) is 3.32. The Kier molecular flexibility index (Phi) is 22.1. The third-order valence-corrected chi connectivity index (χ3v) is 12.2. The number of hydrogen-bond donors (Lipinski definition) is 16. The van der Waals surface area contributed by atoms with Crippen LogP contribution in [0.15, 0.2) is 5.11 Å². The molecule has 25 atom stereocenters. The molecule has 0 spiro atoms. The highest BCUT2D eigenvalue weighted by molar-refractivity contribution is 5.73. The first kappa shape index (κ1) is 56.7. The van der Waals surface area contributed by atoms with E-state index in [4.69, 9.17) is 52.9 Å². The van der Waals surface area contributed by atoms with Crippen molar-refractivity contribution in [2.45, 2.75) is 186 Å². The van der Waals surface area contributed by atoms with Crippen molar-refractivity contribution in [3.63, 3.8) is 0 Å². The highest BCUT2D eigenvalue weighted by Gasteiger charge is 2.56. The van der Waals surface area contributed by atoms with Crippen LogP contribution < -0.4 is 5.32 Å². The number of rotatable bonds is 22. The minimum atomic E-state index is -2.08. The van der Waals surface area contributed by atoms with E-state index in [0.29, 0.717) is 32.2 Å². The molecule has 0 bridgehead atoms. The Morgan fingerprint density at radius 3 is 1.50 bits per heavy atom. The zero-order valence-corrected chi connectivity index (χ0v) is 36.8. The molecule has 5 aliphatic rings. The summed E-state index contributed by atoms with van der Waals surface area (Å²) in [4.78, 5) is 15.3. The van der Waals surface area contributed by atoms with E-state index in [1.165, 1.54) is 0 Å². The minimum absolute atomic E-state index is 0.0231. The number of aliphatic hydroxyl groups excluding tert-OH is 15. The summed E-state index contributed by atoms with van der Waals surface area (Å²) in [5.74, 6) is -0.794. The zero-order valence-electron chi connectivity index (χ0n) is 36.8. The fourth-order valence-electron chi connectivity index (χ4n) is 8.33. The Balaban J connectivity index is 1.38. The van der Waals surface area contributed by atoms with Crippen molar-refractivity contribution in [3.8, 4) is 0 Å². The molecule has 0 aromatic heterocycles. The van der Waals surface area contributed by atoms with E-state index >= 15 is 0 Å². The number of carbonyl (C=O) groups excluding carboxylic acids is 1. The van der Waals surface area contributed by atoms with Crippen LogP contribution >= 0.6 is 0 Å². The van der Waals surface area contributed by atoms with Crippen LogP contribution in [0.4, 0.5) is 0 Å². The van der Waals surface area contributed by atoms with Gasteiger partial charge in [0.25, 0.3) is 0 Å². The van der Waals surface area contributed by atoms with Gasteiger partial charge < -0.3 is 129 Å². The lowest BCUT2D eigenvalue weighted by atomic mass is 9.94. The van der Waals surface area contributed by atoms with Crippen LogP contribution in [0.5, 0.6) is 0 Å². The molecule has 5 heterocycles. The molecule has 394 valence electrons. The standard InChI is InChI=1S/C38H66N4O26/c1-13(47)41-19-23(51)32(67-38-28(56)25(53)21(49)15(9-44)63-38)18(65-34(19)68-33-22(50)16(10-45)61-36(30(33)58)59-7-5-3-2-4-6-40-42-39)12-60-35-29(57)26(54)31(17(11-46)64-35)66-37-27(55)24(52)20(48)14(8-43)62-37/h14-38,43-46,48-58H,2-12H2,1H3,(H,41,47)/t14-,15-,16-,17-,18-,19-,20+,21+,22+,23-,24+,25+,26-,27-,28-,29-,30-,31-,32-,33+,34+,35-,36-,37+,38+/m1/s1. The third-order valence-electron chi connectivity index (χ3n) is 12.2. The van der Waals surface area contributed by atoms with E-state index in [1.54, 1.807) is 0 Å². The van der Waals surface area contributed by atoms with Crippen LogP contribution in [0.2, 0.25) is 0 Å². The summed E-state index contributed by atoms with van der Waals surface area (Å²) >= 11 is 0. The molecule has 68 heavy (non-hydrogen) atoms. The molecule has 0 unspecified atom stereocenters. The molecule has 16 N–H and O–H groups in total. The van der Waals surface area contributed by atoms with E-state index in [-0.39, 0.29) is 6.61 Å². The van der Waals surface area contributed by atoms with E-state index < -0.39 is 192 Å². The van der Waals surface area contributed by atoms with E-state index in [9.17, 15) is 81.4 Å². The van der Waals surface area contributed by atoms with Crippen molar-refractivity contribution in [2.75, 3.05) is 46.2 Å². The second-order valence-electron chi connectivity index (χ2n) is 16.9. The van der Waals surface area contributed by atoms with Crippen molar-refractivity contribution in [1.29, 1.82) is 0 Å². The molecule has 0 saturated carbocycles. The summed E-state index contributed by atoms with van der Waals surface area (Å²) in [5, 5.41) is 165. The smallest absolute Gasteiger partial charge is 0.217 e. The van der Waals surface area contributed by atoms with Crippen LogP contribution in [-0.2, 0) is 52.2 Å². The molecule has 1 amide bonds. The first-order chi connectivity index (χ1) is 32.4. The number of ether oxygens (including phenoxy) is 10. The summed E-state index contributed by atoms with van der Waals surface area (Å²) in [5.41, 5.74) is 8.45. The molecule has 0 radical (unpaired) electrons. The van der Waals surface area contributed by atoms with Crippen LogP contribution in [0, 0.1) is 0 Å². The topological polar surface area (TPSA) is 474 Å². The summed E-state index contributed by atoms with van der Waals surface area (Å²) in [6.07, 6.45) is -40.9. The van der Waals surface area contributed by atoms with E-state index in [1.807, 2.05) is 0 Å². The Hall–Kier alpha value is -2.22. The number of azide groups is 1. The van der Waals surface area contributed by atoms with Gasteiger partial charge in [0.05, 0.1) is 33.0 Å². The Morgan fingerprint density at radius 1 is 0.500 bits per heavy atom. The highest BCUT2D eigenvalue weighted by atomic mass is 16.8. The summed E-state index contributed by atoms with van der Waals surface area (Å²) < 4.78 is 57.4. The normalized spacial score (nSPS) is 45.6. The number of aliphatic hydroxyl groups is 15. The lowest BCUT2D eigenvalue weighted by Crippen LogP contribution is -2.69. The molecule has 0 aromatic carbocycles. The Morgan fingerprint density at radius 2 is 0.956 bits per heavy atom. The number of amides is 1. The van der Waals surface area contributed by atoms with Gasteiger partial charge >= 0.3 is 0 Å². The Labute approximate surface area is 387 Å². The first-order valence-corrected chi connectivity index (χ1v) is 22.1. The summed E-state index contributed by atoms with van der Waals surface area (Å²) in [7, 11) is 0. The van der Waals surface area contributed by atoms with Crippen LogP contribution in [0.3, 0.4) is 0 Å². The summed E-state index contributed by atoms with van der Waals surface area (Å²) in [6, 6.07) is -1.70. The van der Waals surface area contributed by atoms with E-state index in [0.717, 1.165) is 6.92 Å². The molecular formula is C38H66N4O26. The fourth-order valence-corrected chi connectivity index (χ4v) is 8.33. The second-order valence-corrected chi connectivity index (χ2v) is 16.9. The molecule has 5 aliphatic heterocycles. The largest absolute Gasteiger partial charge is 0.394 e. The van der Waals surface area contributed by atoms with Crippen molar-refractivity contribution in [2.24, 2.45) is 5.11 Å². The minimum Gasteiger partial charge on any atom is -0.394 e. The predicted octanol–water partition coefficient (Wildman–Crippen LogP) is -8.89. The molecule has 5 rings (SSSR count). The van der Waals surface area contributed by atoms with Crippen molar-refractivity contribution < 1.29 is 129 Å². The maximum Gasteiger partial charge on any atom is 0.217 e. The van der Waals surface area contributed by atoms with Crippen molar-refractivity contribution in [1.82, 2.24) is 5.32 Å². The van der Waals surface area contributed by atoms with Gasteiger partial charge in [0.15, 0.2) is 31.5 Å². The van der Waals surface area contributed by atoms with Gasteiger partial charge in [0, 0.05) is 25.0 Å². The second kappa shape index (κ2) is 26.5. The van der Waals surface area contributed by atoms with Crippen molar-refractivity contribution >= 4 is 5.91 Å². The average molecular weight is 995 g/mol. The molecular weight excluding hydrogens is 928 g/mol. The number of nitrogens with one attached hydrogen (secondary N) is 1. The fraction of sp³-hybridized carbons (Fsp3) is 0.974. The van der Waals surface area contributed by atoms with Gasteiger partial charge in [-0.15, -0.1) is 0 Å². The van der Waals surface area contributed by atoms with Gasteiger partial charge in [-0.3, -0.25) is 4.79 Å². The third kappa shape index (κ3) is 13.4. The molecule has 0 aliphatic carbocycles. The quantitative estimate of drug-likeness (QED) is 0.0207. The molecule has 0 aromatic rings. The molecule has 30 heteroatoms. The maximum absolute atomic E-state index is 12.6. The maximum atomic E-state index is 12.6. The lowest BCUT2D eigenvalue weighted by Gasteiger charge is -2.50. The van der Waals surface area contributed by atoms with Gasteiger partial charge in [-0.05, 0) is 18.4 Å². The van der Waals surface area contributed by atoms with Gasteiger partial charge in [-0.25, -0.2) is 0 Å². The lowest BCUT2D eigenvalue weighted by molar-refractivity contribution is -0.378. The monoisotopic (exact) mass is 994 g/mol. The van der Waals surface area contributed by atoms with Gasteiger partial charge in [0.1, 0.15) is 122 Å². The van der Waals surface area contributed by atoms with Gasteiger partial charge in [0.2, 0.25) is 5.91 Å². The van der Waals surface area contributed by atoms with Crippen molar-refractivity contribution in [3.05, 3.63) is 10.4 Å². The van der Waals surface area contributed by atoms with Gasteiger partial charge in [-0.1, -0.05) is 18.0 Å². The van der Waals surface area contributed by atoms with Gasteiger partial charge in [-0.2, -0.15) is 0 Å². The first-order valence-electron chi connectivity index (χ1n) is 22.1. The number of carbonyl (C=O) groups is 1. The predicted molar refractivity (Wildman–Crippen MR) is 214 cm³/mol. The molecule has 30 nitrogen and oxygen atoms in total. The van der Waals surface area contributed by atoms with E-state index in [2.05, 4.69) is 15.3 Å². The SMILES string of the molecule is CC(=O)N[C@H]1[C@H](O[C@H]2[C@@H](O)[C@@H](CO)O[C@@H](OCCCCCCN=[N+]=[N-])[C@@H]2O)O[C@H](CO[C@@H]2O[C@H](CO)[C@@H](O[C@@H]3O[C@H](CO)[C@H](O)[C@H](O)[C@H]3O)[C@H](O)[C@H]2O)[C@@H](O[C@@H]2O[C@H](CO)[C@H](O)[C@H](O)[C@H]2O)[C@@H]1O. The number of unbranched alkanes of at least 4 members (excludes halogenated alkanes) is 3. The Bertz CT molecular complexity index is 1570. The molecule has 5 fully saturated rings. The zero-order chi connectivity index (χ0) is 50.0. The summed E-state index contributed by atoms with van der Waals surface area (Å²) in [6.45, 7) is -2.96. The van der Waals surface area contributed by atoms with Crippen LogP contribution in [0.25, 0.3) is 10.4 Å². The number of nitrogens with zero attached hydrogens (tertiary/aromatic N) is 3. The molecule has 5 saturated heterocycles. The van der Waals surface area contributed by atoms with Crippen LogP contribution in [0.1, 0.15) is 32.6 Å². The van der Waals surface area contributed by atoms with Crippen LogP contribution in [-0.4, -0.2) is 282 Å².